The molecule has 1 N–H and O–H groups in total. The summed E-state index contributed by atoms with van der Waals surface area (Å²) in [5, 5.41) is 3.03. The molecule has 1 aliphatic heterocycles. The van der Waals surface area contributed by atoms with Crippen LogP contribution in [0.3, 0.4) is 0 Å². The van der Waals surface area contributed by atoms with E-state index in [0.717, 1.165) is 37.7 Å². The van der Waals surface area contributed by atoms with Crippen molar-refractivity contribution in [3.63, 3.8) is 0 Å². The number of benzene rings is 2. The van der Waals surface area contributed by atoms with E-state index >= 15 is 0 Å². The van der Waals surface area contributed by atoms with Crippen LogP contribution in [0.15, 0.2) is 42.5 Å². The summed E-state index contributed by atoms with van der Waals surface area (Å²) < 4.78 is 58.9. The molecule has 0 aliphatic carbocycles. The molecule has 2 aromatic rings. The first-order valence-electron chi connectivity index (χ1n) is 10.2. The number of rotatable bonds is 7. The number of ether oxygens (including phenoxy) is 1. The molecular weight excluding hydrogens is 466 g/mol. The second kappa shape index (κ2) is 11.3. The Hall–Kier alpha value is -1.94. The van der Waals surface area contributed by atoms with Crippen LogP contribution in [-0.4, -0.2) is 54.3 Å². The standard InChI is InChI=1S/C22H24ClF4N3OS/c23-17-4-7-19(22(25,26)27)20(14-17)28-21(32)30(15-16-2-5-18(24)6-3-16)9-1-8-29-10-12-31-13-11-29/h2-7,14H,1,8-13,15H2,(H,28,32). The molecular formula is C22H24ClF4N3OS. The molecule has 10 heteroatoms. The van der Waals surface area contributed by atoms with Gasteiger partial charge >= 0.3 is 6.18 Å². The van der Waals surface area contributed by atoms with Crippen LogP contribution in [-0.2, 0) is 17.5 Å². The number of hydrogen-bond acceptors (Lipinski definition) is 3. The van der Waals surface area contributed by atoms with E-state index in [0.29, 0.717) is 26.3 Å². The molecule has 0 atom stereocenters. The van der Waals surface area contributed by atoms with Crippen molar-refractivity contribution in [2.75, 3.05) is 44.7 Å². The molecule has 0 spiro atoms. The van der Waals surface area contributed by atoms with Crippen molar-refractivity contribution < 1.29 is 22.3 Å². The first-order valence-corrected chi connectivity index (χ1v) is 11.0. The number of thiocarbonyl (C=S) groups is 1. The van der Waals surface area contributed by atoms with E-state index in [1.54, 1.807) is 17.0 Å². The van der Waals surface area contributed by atoms with Crippen LogP contribution in [0, 0.1) is 5.82 Å². The highest BCUT2D eigenvalue weighted by molar-refractivity contribution is 7.80. The molecule has 32 heavy (non-hydrogen) atoms. The van der Waals surface area contributed by atoms with Crippen molar-refractivity contribution >= 4 is 34.6 Å². The van der Waals surface area contributed by atoms with Gasteiger partial charge in [-0.1, -0.05) is 23.7 Å². The van der Waals surface area contributed by atoms with Crippen LogP contribution in [0.4, 0.5) is 23.2 Å². The predicted molar refractivity (Wildman–Crippen MR) is 121 cm³/mol. The third-order valence-corrected chi connectivity index (χ3v) is 5.70. The van der Waals surface area contributed by atoms with Gasteiger partial charge in [-0.25, -0.2) is 4.39 Å². The Morgan fingerprint density at radius 2 is 1.81 bits per heavy atom. The van der Waals surface area contributed by atoms with E-state index in [4.69, 9.17) is 28.6 Å². The van der Waals surface area contributed by atoms with Crippen LogP contribution < -0.4 is 5.32 Å². The number of nitrogens with one attached hydrogen (secondary N) is 1. The number of morpholine rings is 1. The van der Waals surface area contributed by atoms with E-state index in [1.165, 1.54) is 24.3 Å². The second-order valence-corrected chi connectivity index (χ2v) is 8.30. The fourth-order valence-corrected chi connectivity index (χ4v) is 3.87. The SMILES string of the molecule is Fc1ccc(CN(CCCN2CCOCC2)C(=S)Nc2cc(Cl)ccc2C(F)(F)F)cc1. The maximum Gasteiger partial charge on any atom is 0.418 e. The Morgan fingerprint density at radius 3 is 2.47 bits per heavy atom. The molecule has 174 valence electrons. The van der Waals surface area contributed by atoms with Gasteiger partial charge in [0.15, 0.2) is 5.11 Å². The van der Waals surface area contributed by atoms with Gasteiger partial charge in [-0.2, -0.15) is 13.2 Å². The Balaban J connectivity index is 1.73. The van der Waals surface area contributed by atoms with Crippen molar-refractivity contribution in [2.24, 2.45) is 0 Å². The topological polar surface area (TPSA) is 27.7 Å². The first kappa shape index (κ1) is 24.7. The molecule has 0 aromatic heterocycles. The van der Waals surface area contributed by atoms with Gasteiger partial charge in [0, 0.05) is 37.7 Å². The largest absolute Gasteiger partial charge is 0.418 e. The van der Waals surface area contributed by atoms with Crippen molar-refractivity contribution in [1.82, 2.24) is 9.80 Å². The molecule has 0 amide bonds. The first-order chi connectivity index (χ1) is 15.2. The van der Waals surface area contributed by atoms with Gasteiger partial charge in [0.2, 0.25) is 0 Å². The molecule has 0 saturated carbocycles. The van der Waals surface area contributed by atoms with E-state index in [-0.39, 0.29) is 21.6 Å². The Labute approximate surface area is 195 Å². The molecule has 4 nitrogen and oxygen atoms in total. The van der Waals surface area contributed by atoms with E-state index < -0.39 is 11.7 Å². The van der Waals surface area contributed by atoms with Gasteiger partial charge < -0.3 is 15.0 Å². The molecule has 1 saturated heterocycles. The minimum Gasteiger partial charge on any atom is -0.379 e. The minimum absolute atomic E-state index is 0.143. The summed E-state index contributed by atoms with van der Waals surface area (Å²) in [6, 6.07) is 9.28. The lowest BCUT2D eigenvalue weighted by molar-refractivity contribution is -0.136. The zero-order valence-corrected chi connectivity index (χ0v) is 18.9. The summed E-state index contributed by atoms with van der Waals surface area (Å²) in [5.41, 5.74) is -0.254. The van der Waals surface area contributed by atoms with Crippen LogP contribution in [0.25, 0.3) is 0 Å². The molecule has 0 radical (unpaired) electrons. The van der Waals surface area contributed by atoms with Crippen molar-refractivity contribution in [1.29, 1.82) is 0 Å². The summed E-state index contributed by atoms with van der Waals surface area (Å²) >= 11 is 11.4. The highest BCUT2D eigenvalue weighted by Crippen LogP contribution is 2.36. The lowest BCUT2D eigenvalue weighted by Crippen LogP contribution is -2.40. The van der Waals surface area contributed by atoms with Gasteiger partial charge in [0.1, 0.15) is 5.82 Å². The highest BCUT2D eigenvalue weighted by Gasteiger charge is 2.34. The summed E-state index contributed by atoms with van der Waals surface area (Å²) in [7, 11) is 0. The zero-order valence-electron chi connectivity index (χ0n) is 17.3. The number of alkyl halides is 3. The lowest BCUT2D eigenvalue weighted by Gasteiger charge is -2.30. The number of halogens is 5. The normalized spacial score (nSPS) is 14.9. The molecule has 2 aromatic carbocycles. The third kappa shape index (κ3) is 7.30. The van der Waals surface area contributed by atoms with Gasteiger partial charge in [0.25, 0.3) is 0 Å². The van der Waals surface area contributed by atoms with Crippen LogP contribution >= 0.6 is 23.8 Å². The molecule has 1 fully saturated rings. The molecule has 0 unspecified atom stereocenters. The minimum atomic E-state index is -4.55. The Morgan fingerprint density at radius 1 is 1.12 bits per heavy atom. The van der Waals surface area contributed by atoms with Gasteiger partial charge in [-0.3, -0.25) is 4.90 Å². The summed E-state index contributed by atoms with van der Waals surface area (Å²) in [4.78, 5) is 4.05. The fourth-order valence-electron chi connectivity index (χ4n) is 3.43. The average Bonchev–Trinajstić information content (AvgIpc) is 2.74. The Bertz CT molecular complexity index is 905. The molecule has 0 bridgehead atoms. The smallest absolute Gasteiger partial charge is 0.379 e. The Kier molecular flexibility index (Phi) is 8.70. The summed E-state index contributed by atoms with van der Waals surface area (Å²) in [6.07, 6.45) is -3.80. The van der Waals surface area contributed by atoms with Crippen molar-refractivity contribution in [2.45, 2.75) is 19.1 Å². The van der Waals surface area contributed by atoms with Gasteiger partial charge in [-0.15, -0.1) is 0 Å². The number of hydrogen-bond donors (Lipinski definition) is 1. The average molecular weight is 490 g/mol. The maximum atomic E-state index is 13.4. The summed E-state index contributed by atoms with van der Waals surface area (Å²) in [5.74, 6) is -0.359. The zero-order chi connectivity index (χ0) is 23.1. The second-order valence-electron chi connectivity index (χ2n) is 7.47. The van der Waals surface area contributed by atoms with Gasteiger partial charge in [-0.05, 0) is 54.5 Å². The quantitative estimate of drug-likeness (QED) is 0.414. The van der Waals surface area contributed by atoms with Crippen LogP contribution in [0.5, 0.6) is 0 Å². The monoisotopic (exact) mass is 489 g/mol. The highest BCUT2D eigenvalue weighted by atomic mass is 35.5. The molecule has 1 heterocycles. The van der Waals surface area contributed by atoms with Crippen LogP contribution in [0.1, 0.15) is 17.5 Å². The molecule has 3 rings (SSSR count). The fraction of sp³-hybridized carbons (Fsp3) is 0.409. The number of anilines is 1. The van der Waals surface area contributed by atoms with E-state index in [9.17, 15) is 17.6 Å². The summed E-state index contributed by atoms with van der Waals surface area (Å²) in [6.45, 7) is 4.73. The lowest BCUT2D eigenvalue weighted by atomic mass is 10.1. The maximum absolute atomic E-state index is 13.4. The van der Waals surface area contributed by atoms with Crippen molar-refractivity contribution in [3.8, 4) is 0 Å². The van der Waals surface area contributed by atoms with E-state index in [2.05, 4.69) is 10.2 Å². The van der Waals surface area contributed by atoms with E-state index in [1.807, 2.05) is 0 Å². The molecule has 1 aliphatic rings. The van der Waals surface area contributed by atoms with Gasteiger partial charge in [0.05, 0.1) is 24.5 Å². The number of nitrogens with zero attached hydrogens (tertiary/aromatic N) is 2. The van der Waals surface area contributed by atoms with Crippen LogP contribution in [0.2, 0.25) is 5.02 Å². The van der Waals surface area contributed by atoms with Crippen molar-refractivity contribution in [3.05, 3.63) is 64.4 Å². The third-order valence-electron chi connectivity index (χ3n) is 5.11. The predicted octanol–water partition coefficient (Wildman–Crippen LogP) is 5.42.